The summed E-state index contributed by atoms with van der Waals surface area (Å²) in [5.74, 6) is 0.881. The van der Waals surface area contributed by atoms with E-state index in [9.17, 15) is 5.11 Å². The Bertz CT molecular complexity index is 565. The van der Waals surface area contributed by atoms with Gasteiger partial charge in [0.05, 0.1) is 6.04 Å². The van der Waals surface area contributed by atoms with E-state index < -0.39 is 0 Å². The van der Waals surface area contributed by atoms with Gasteiger partial charge in [-0.05, 0) is 63.1 Å². The van der Waals surface area contributed by atoms with E-state index in [1.165, 1.54) is 31.5 Å². The van der Waals surface area contributed by atoms with Crippen LogP contribution in [-0.2, 0) is 0 Å². The maximum Gasteiger partial charge on any atom is 0.191 e. The van der Waals surface area contributed by atoms with Crippen LogP contribution in [0.25, 0.3) is 0 Å². The highest BCUT2D eigenvalue weighted by atomic mass is 16.3. The maximum absolute atomic E-state index is 9.47. The predicted molar refractivity (Wildman–Crippen MR) is 119 cm³/mol. The largest absolute Gasteiger partial charge is 0.396 e. The van der Waals surface area contributed by atoms with E-state index in [-0.39, 0.29) is 12.0 Å². The summed E-state index contributed by atoms with van der Waals surface area (Å²) in [5.41, 5.74) is 1.45. The first-order valence-electron chi connectivity index (χ1n) is 11.1. The molecule has 28 heavy (non-hydrogen) atoms. The highest BCUT2D eigenvalue weighted by molar-refractivity contribution is 5.79. The lowest BCUT2D eigenvalue weighted by atomic mass is 9.79. The van der Waals surface area contributed by atoms with Crippen LogP contribution in [0.4, 0.5) is 0 Å². The minimum Gasteiger partial charge on any atom is -0.396 e. The van der Waals surface area contributed by atoms with Crippen LogP contribution in [-0.4, -0.2) is 55.3 Å². The Hall–Kier alpha value is -1.59. The molecule has 1 aliphatic rings. The predicted octanol–water partition coefficient (Wildman–Crippen LogP) is 3.57. The van der Waals surface area contributed by atoms with Crippen LogP contribution in [0, 0.1) is 5.41 Å². The minimum atomic E-state index is 0.0882. The summed E-state index contributed by atoms with van der Waals surface area (Å²) in [6.45, 7) is 11.5. The molecule has 0 radical (unpaired) electrons. The van der Waals surface area contributed by atoms with Crippen LogP contribution in [0.5, 0.6) is 0 Å². The van der Waals surface area contributed by atoms with Gasteiger partial charge in [-0.2, -0.15) is 0 Å². The summed E-state index contributed by atoms with van der Waals surface area (Å²) >= 11 is 0. The molecule has 1 heterocycles. The molecular formula is C23H40N4O. The van der Waals surface area contributed by atoms with E-state index in [1.54, 1.807) is 0 Å². The number of nitrogens with zero attached hydrogens (tertiary/aromatic N) is 2. The lowest BCUT2D eigenvalue weighted by Gasteiger charge is -2.31. The average molecular weight is 389 g/mol. The third-order valence-corrected chi connectivity index (χ3v) is 6.29. The highest BCUT2D eigenvalue weighted by Gasteiger charge is 2.26. The summed E-state index contributed by atoms with van der Waals surface area (Å²) < 4.78 is 0. The molecule has 0 amide bonds. The van der Waals surface area contributed by atoms with E-state index in [0.29, 0.717) is 6.04 Å². The van der Waals surface area contributed by atoms with Gasteiger partial charge in [-0.3, -0.25) is 9.89 Å². The Morgan fingerprint density at radius 3 is 2.36 bits per heavy atom. The first-order chi connectivity index (χ1) is 13.7. The zero-order valence-electron chi connectivity index (χ0n) is 18.1. The quantitative estimate of drug-likeness (QED) is 0.401. The minimum absolute atomic E-state index is 0.0882. The third-order valence-electron chi connectivity index (χ3n) is 6.29. The lowest BCUT2D eigenvalue weighted by Crippen LogP contribution is -2.43. The molecule has 158 valence electrons. The maximum atomic E-state index is 9.47. The number of benzene rings is 1. The van der Waals surface area contributed by atoms with Gasteiger partial charge in [0, 0.05) is 26.2 Å². The normalized spacial score (nSPS) is 16.9. The molecular weight excluding hydrogens is 348 g/mol. The molecule has 0 saturated carbocycles. The van der Waals surface area contributed by atoms with Crippen molar-refractivity contribution in [2.75, 3.05) is 39.3 Å². The number of likely N-dealkylation sites (tertiary alicyclic amines) is 1. The van der Waals surface area contributed by atoms with Crippen LogP contribution < -0.4 is 10.6 Å². The van der Waals surface area contributed by atoms with Crippen LogP contribution in [0.15, 0.2) is 35.3 Å². The molecule has 5 heteroatoms. The van der Waals surface area contributed by atoms with E-state index in [2.05, 4.69) is 66.6 Å². The molecule has 1 unspecified atom stereocenters. The molecule has 1 aromatic rings. The highest BCUT2D eigenvalue weighted by Crippen LogP contribution is 2.30. The molecule has 1 saturated heterocycles. The van der Waals surface area contributed by atoms with Crippen molar-refractivity contribution in [3.8, 4) is 0 Å². The Morgan fingerprint density at radius 2 is 1.79 bits per heavy atom. The number of aliphatic hydroxyl groups is 1. The lowest BCUT2D eigenvalue weighted by molar-refractivity contribution is 0.175. The number of nitrogens with one attached hydrogen (secondary N) is 2. The van der Waals surface area contributed by atoms with Crippen molar-refractivity contribution in [2.24, 2.45) is 10.4 Å². The summed E-state index contributed by atoms with van der Waals surface area (Å²) in [5, 5.41) is 16.5. The standard InChI is InChI=1S/C23H40N4O/c1-4-23(5-2,14-17-28)19-26-22(24-6-3)25-18-21(27-15-10-11-16-27)20-12-8-7-9-13-20/h7-9,12-13,21,28H,4-6,10-11,14-19H2,1-3H3,(H2,24,25,26). The summed E-state index contributed by atoms with van der Waals surface area (Å²) in [7, 11) is 0. The van der Waals surface area contributed by atoms with Crippen molar-refractivity contribution in [1.82, 2.24) is 15.5 Å². The zero-order chi connectivity index (χ0) is 20.2. The van der Waals surface area contributed by atoms with Gasteiger partial charge in [0.25, 0.3) is 0 Å². The van der Waals surface area contributed by atoms with Gasteiger partial charge in [0.1, 0.15) is 0 Å². The van der Waals surface area contributed by atoms with Crippen molar-refractivity contribution in [3.63, 3.8) is 0 Å². The van der Waals surface area contributed by atoms with Crippen molar-refractivity contribution >= 4 is 5.96 Å². The Kier molecular flexibility index (Phi) is 9.79. The van der Waals surface area contributed by atoms with Crippen LogP contribution in [0.3, 0.4) is 0 Å². The van der Waals surface area contributed by atoms with Crippen LogP contribution in [0.2, 0.25) is 0 Å². The van der Waals surface area contributed by atoms with E-state index in [0.717, 1.165) is 44.9 Å². The molecule has 3 N–H and O–H groups in total. The van der Waals surface area contributed by atoms with Crippen molar-refractivity contribution < 1.29 is 5.11 Å². The Balaban J connectivity index is 2.08. The first kappa shape index (κ1) is 22.7. The SMILES string of the molecule is CCNC(=NCC(CC)(CC)CCO)NCC(c1ccccc1)N1CCCC1. The molecule has 2 rings (SSSR count). The van der Waals surface area contributed by atoms with Gasteiger partial charge in [-0.15, -0.1) is 0 Å². The second-order valence-corrected chi connectivity index (χ2v) is 7.93. The van der Waals surface area contributed by atoms with Gasteiger partial charge in [-0.1, -0.05) is 44.2 Å². The molecule has 1 aliphatic heterocycles. The number of aliphatic imine (C=N–C) groups is 1. The van der Waals surface area contributed by atoms with E-state index in [1.807, 2.05) is 0 Å². The van der Waals surface area contributed by atoms with E-state index >= 15 is 0 Å². The van der Waals surface area contributed by atoms with Crippen molar-refractivity contribution in [2.45, 2.75) is 58.9 Å². The van der Waals surface area contributed by atoms with Crippen LogP contribution in [0.1, 0.15) is 64.5 Å². The molecule has 0 bridgehead atoms. The number of hydrogen-bond acceptors (Lipinski definition) is 3. The van der Waals surface area contributed by atoms with Gasteiger partial charge < -0.3 is 15.7 Å². The monoisotopic (exact) mass is 388 g/mol. The number of rotatable bonds is 11. The Labute approximate surface area is 171 Å². The molecule has 0 aliphatic carbocycles. The smallest absolute Gasteiger partial charge is 0.191 e. The summed E-state index contributed by atoms with van der Waals surface area (Å²) in [6, 6.07) is 11.2. The van der Waals surface area contributed by atoms with Gasteiger partial charge in [-0.25, -0.2) is 0 Å². The molecule has 0 aromatic heterocycles. The third kappa shape index (κ3) is 6.49. The first-order valence-corrected chi connectivity index (χ1v) is 11.1. The molecule has 1 atom stereocenters. The zero-order valence-corrected chi connectivity index (χ0v) is 18.1. The fourth-order valence-corrected chi connectivity index (χ4v) is 4.11. The number of aliphatic hydroxyl groups excluding tert-OH is 1. The summed E-state index contributed by atoms with van der Waals surface area (Å²) in [6.07, 6.45) is 5.45. The van der Waals surface area contributed by atoms with Crippen molar-refractivity contribution in [3.05, 3.63) is 35.9 Å². The van der Waals surface area contributed by atoms with Gasteiger partial charge in [0.15, 0.2) is 5.96 Å². The second kappa shape index (κ2) is 12.1. The molecule has 5 nitrogen and oxygen atoms in total. The van der Waals surface area contributed by atoms with Crippen molar-refractivity contribution in [1.29, 1.82) is 0 Å². The topological polar surface area (TPSA) is 59.9 Å². The number of guanidine groups is 1. The van der Waals surface area contributed by atoms with Crippen LogP contribution >= 0.6 is 0 Å². The molecule has 1 fully saturated rings. The summed E-state index contributed by atoms with van der Waals surface area (Å²) in [4.78, 5) is 7.49. The Morgan fingerprint density at radius 1 is 1.11 bits per heavy atom. The average Bonchev–Trinajstić information content (AvgIpc) is 3.26. The van der Waals surface area contributed by atoms with Gasteiger partial charge >= 0.3 is 0 Å². The molecule has 0 spiro atoms. The molecule has 1 aromatic carbocycles. The fraction of sp³-hybridized carbons (Fsp3) is 0.696. The number of hydrogen-bond donors (Lipinski definition) is 3. The fourth-order valence-electron chi connectivity index (χ4n) is 4.11. The van der Waals surface area contributed by atoms with Gasteiger partial charge in [0.2, 0.25) is 0 Å². The van der Waals surface area contributed by atoms with E-state index in [4.69, 9.17) is 4.99 Å². The second-order valence-electron chi connectivity index (χ2n) is 7.93.